The SMILES string of the molecule is C=CC1(C=C)C(=C)C2([N])NN1C(C=C)(C(=C)C1CC(C)(C)NC(C)(C)C1)C2=C. The van der Waals surface area contributed by atoms with Crippen LogP contribution < -0.4 is 16.5 Å². The highest BCUT2D eigenvalue weighted by atomic mass is 15.7. The fourth-order valence-corrected chi connectivity index (χ4v) is 5.86. The Morgan fingerprint density at radius 3 is 1.89 bits per heavy atom. The van der Waals surface area contributed by atoms with Crippen LogP contribution in [0.25, 0.3) is 0 Å². The van der Waals surface area contributed by atoms with E-state index in [9.17, 15) is 5.73 Å². The number of rotatable bonds is 5. The number of hydrazine groups is 1. The number of hydrogen-bond acceptors (Lipinski definition) is 3. The highest BCUT2D eigenvalue weighted by molar-refractivity contribution is 5.63. The van der Waals surface area contributed by atoms with Gasteiger partial charge in [0.2, 0.25) is 0 Å². The second-order valence-electron chi connectivity index (χ2n) is 9.84. The average Bonchev–Trinajstić information content (AvgIpc) is 2.96. The maximum atomic E-state index is 11.4. The molecule has 3 saturated heterocycles. The molecule has 4 nitrogen and oxygen atoms in total. The van der Waals surface area contributed by atoms with Crippen LogP contribution in [0.3, 0.4) is 0 Å². The number of fused-ring (bicyclic) bond motifs is 2. The third-order valence-corrected chi connectivity index (χ3v) is 6.90. The third kappa shape index (κ3) is 2.38. The maximum Gasteiger partial charge on any atom is 0.164 e. The van der Waals surface area contributed by atoms with E-state index in [1.807, 2.05) is 11.1 Å². The number of piperidine rings is 2. The Labute approximate surface area is 170 Å². The van der Waals surface area contributed by atoms with E-state index >= 15 is 0 Å². The molecule has 4 heteroatoms. The molecule has 0 aliphatic carbocycles. The van der Waals surface area contributed by atoms with Crippen LogP contribution in [0.5, 0.6) is 0 Å². The fraction of sp³-hybridized carbons (Fsp3) is 0.500. The Kier molecular flexibility index (Phi) is 4.42. The summed E-state index contributed by atoms with van der Waals surface area (Å²) in [6, 6.07) is 0. The van der Waals surface area contributed by atoms with Gasteiger partial charge in [-0.25, -0.2) is 10.4 Å². The zero-order chi connectivity index (χ0) is 21.3. The van der Waals surface area contributed by atoms with E-state index in [0.717, 1.165) is 18.4 Å². The minimum Gasteiger partial charge on any atom is -0.307 e. The van der Waals surface area contributed by atoms with E-state index in [1.54, 1.807) is 12.2 Å². The van der Waals surface area contributed by atoms with Gasteiger partial charge in [0.25, 0.3) is 0 Å². The molecule has 28 heavy (non-hydrogen) atoms. The molecule has 2 radical (unpaired) electrons. The lowest BCUT2D eigenvalue weighted by atomic mass is 9.62. The molecule has 3 heterocycles. The van der Waals surface area contributed by atoms with Crippen LogP contribution in [0.15, 0.2) is 74.4 Å². The first-order valence-corrected chi connectivity index (χ1v) is 9.86. The van der Waals surface area contributed by atoms with Crippen LogP contribution in [-0.2, 0) is 0 Å². The highest BCUT2D eigenvalue weighted by Gasteiger charge is 2.70. The van der Waals surface area contributed by atoms with Crippen LogP contribution >= 0.6 is 0 Å². The molecule has 3 aliphatic rings. The van der Waals surface area contributed by atoms with Gasteiger partial charge in [-0.15, -0.1) is 25.5 Å². The van der Waals surface area contributed by atoms with E-state index in [2.05, 4.69) is 77.9 Å². The average molecular weight is 379 g/mol. The summed E-state index contributed by atoms with van der Waals surface area (Å²) in [6.45, 7) is 34.0. The quantitative estimate of drug-likeness (QED) is 0.715. The van der Waals surface area contributed by atoms with Gasteiger partial charge in [-0.2, -0.15) is 0 Å². The van der Waals surface area contributed by atoms with Crippen molar-refractivity contribution in [2.45, 2.75) is 68.4 Å². The van der Waals surface area contributed by atoms with Crippen molar-refractivity contribution in [2.75, 3.05) is 0 Å². The zero-order valence-electron chi connectivity index (χ0n) is 17.9. The molecule has 0 aromatic heterocycles. The molecule has 0 saturated carbocycles. The van der Waals surface area contributed by atoms with Crippen molar-refractivity contribution in [1.29, 1.82) is 0 Å². The van der Waals surface area contributed by atoms with Gasteiger partial charge in [0.15, 0.2) is 5.66 Å². The second kappa shape index (κ2) is 5.90. The summed E-state index contributed by atoms with van der Waals surface area (Å²) in [4.78, 5) is 0. The van der Waals surface area contributed by atoms with E-state index in [0.29, 0.717) is 11.1 Å². The van der Waals surface area contributed by atoms with Crippen molar-refractivity contribution in [1.82, 2.24) is 21.5 Å². The monoisotopic (exact) mass is 378 g/mol. The lowest BCUT2D eigenvalue weighted by molar-refractivity contribution is 0.0956. The first-order valence-electron chi connectivity index (χ1n) is 9.86. The summed E-state index contributed by atoms with van der Waals surface area (Å²) in [6.07, 6.45) is 7.20. The minimum absolute atomic E-state index is 0.0338. The summed E-state index contributed by atoms with van der Waals surface area (Å²) in [5.74, 6) is 0.214. The van der Waals surface area contributed by atoms with Crippen LogP contribution in [-0.4, -0.2) is 32.8 Å². The van der Waals surface area contributed by atoms with Crippen LogP contribution in [0, 0.1) is 5.92 Å². The Bertz CT molecular complexity index is 777. The van der Waals surface area contributed by atoms with E-state index < -0.39 is 16.7 Å². The lowest BCUT2D eigenvalue weighted by Gasteiger charge is -2.54. The molecular weight excluding hydrogens is 344 g/mol. The second-order valence-corrected chi connectivity index (χ2v) is 9.84. The molecule has 0 amide bonds. The van der Waals surface area contributed by atoms with Gasteiger partial charge < -0.3 is 5.32 Å². The van der Waals surface area contributed by atoms with Crippen molar-refractivity contribution < 1.29 is 0 Å². The van der Waals surface area contributed by atoms with Crippen molar-refractivity contribution in [3.63, 3.8) is 0 Å². The number of hydrogen-bond donors (Lipinski definition) is 2. The molecule has 3 aliphatic heterocycles. The topological polar surface area (TPSA) is 49.6 Å². The first-order chi connectivity index (χ1) is 12.8. The smallest absolute Gasteiger partial charge is 0.164 e. The fourth-order valence-electron chi connectivity index (χ4n) is 5.86. The Hall–Kier alpha value is -1.72. The van der Waals surface area contributed by atoms with Gasteiger partial charge in [-0.3, -0.25) is 0 Å². The van der Waals surface area contributed by atoms with Gasteiger partial charge in [0, 0.05) is 11.1 Å². The summed E-state index contributed by atoms with van der Waals surface area (Å²) >= 11 is 0. The summed E-state index contributed by atoms with van der Waals surface area (Å²) < 4.78 is 0. The summed E-state index contributed by atoms with van der Waals surface area (Å²) in [7, 11) is 0. The molecule has 3 atom stereocenters. The molecule has 3 fully saturated rings. The summed E-state index contributed by atoms with van der Waals surface area (Å²) in [5, 5.41) is 5.65. The predicted molar refractivity (Wildman–Crippen MR) is 117 cm³/mol. The van der Waals surface area contributed by atoms with Crippen molar-refractivity contribution in [2.24, 2.45) is 5.92 Å². The molecule has 0 aromatic rings. The molecule has 0 spiro atoms. The first kappa shape index (κ1) is 21.0. The van der Waals surface area contributed by atoms with E-state index in [4.69, 9.17) is 0 Å². The van der Waals surface area contributed by atoms with Gasteiger partial charge in [0.05, 0.1) is 5.54 Å². The molecule has 3 unspecified atom stereocenters. The molecule has 3 rings (SSSR count). The zero-order valence-corrected chi connectivity index (χ0v) is 17.9. The van der Waals surface area contributed by atoms with Crippen LogP contribution in [0.1, 0.15) is 40.5 Å². The summed E-state index contributed by atoms with van der Waals surface area (Å²) in [5.41, 5.74) is 13.5. The molecular formula is C24H34N4. The minimum atomic E-state index is -1.46. The van der Waals surface area contributed by atoms with E-state index in [-0.39, 0.29) is 17.0 Å². The molecule has 150 valence electrons. The molecule has 2 bridgehead atoms. The van der Waals surface area contributed by atoms with Crippen LogP contribution in [0.2, 0.25) is 0 Å². The van der Waals surface area contributed by atoms with Gasteiger partial charge in [-0.05, 0) is 63.2 Å². The number of nitrogens with one attached hydrogen (secondary N) is 2. The third-order valence-electron chi connectivity index (χ3n) is 6.90. The standard InChI is InChI=1S/C24H34N4/c1-11-22(12-2)17(5)24(25)18(6)23(13-3,28(22)27-24)16(4)19-14-20(7,8)26-21(9,10)15-19/h11-13,19,26-27H,1-6,14-15H2,7-10H3. The Balaban J connectivity index is 2.13. The number of nitrogens with zero attached hydrogens (tertiary/aromatic N) is 2. The lowest BCUT2D eigenvalue weighted by Crippen LogP contribution is -2.63. The van der Waals surface area contributed by atoms with Crippen molar-refractivity contribution >= 4 is 0 Å². The van der Waals surface area contributed by atoms with Gasteiger partial charge in [-0.1, -0.05) is 38.0 Å². The highest BCUT2D eigenvalue weighted by Crippen LogP contribution is 2.59. The van der Waals surface area contributed by atoms with Crippen molar-refractivity contribution in [3.05, 3.63) is 74.4 Å². The largest absolute Gasteiger partial charge is 0.307 e. The maximum absolute atomic E-state index is 11.4. The van der Waals surface area contributed by atoms with E-state index in [1.165, 1.54) is 0 Å². The van der Waals surface area contributed by atoms with Crippen molar-refractivity contribution in [3.8, 4) is 0 Å². The molecule has 2 N–H and O–H groups in total. The predicted octanol–water partition coefficient (Wildman–Crippen LogP) is 3.85. The van der Waals surface area contributed by atoms with Gasteiger partial charge >= 0.3 is 0 Å². The normalized spacial score (nSPS) is 38.2. The van der Waals surface area contributed by atoms with Gasteiger partial charge in [0.1, 0.15) is 5.54 Å². The van der Waals surface area contributed by atoms with Crippen LogP contribution in [0.4, 0.5) is 0 Å². The molecule has 0 aromatic carbocycles. The Morgan fingerprint density at radius 1 is 1.00 bits per heavy atom. The Morgan fingerprint density at radius 2 is 1.50 bits per heavy atom.